The van der Waals surface area contributed by atoms with E-state index >= 15 is 0 Å². The van der Waals surface area contributed by atoms with E-state index in [9.17, 15) is 23.3 Å². The molecule has 2 N–H and O–H groups in total. The number of hydrogen-bond donors (Lipinski definition) is 2. The average molecular weight is 467 g/mol. The normalized spacial score (nSPS) is 22.7. The van der Waals surface area contributed by atoms with Crippen molar-refractivity contribution >= 4 is 27.3 Å². The van der Waals surface area contributed by atoms with E-state index in [4.69, 9.17) is 0 Å². The molecule has 3 rings (SSSR count). The van der Waals surface area contributed by atoms with Gasteiger partial charge in [-0.1, -0.05) is 20.8 Å². The molecule has 1 amide bonds. The van der Waals surface area contributed by atoms with E-state index < -0.39 is 14.9 Å². The number of nitrogens with one attached hydrogen (secondary N) is 2. The van der Waals surface area contributed by atoms with Crippen LogP contribution in [0.15, 0.2) is 23.1 Å². The van der Waals surface area contributed by atoms with Gasteiger partial charge in [0, 0.05) is 37.2 Å². The zero-order valence-electron chi connectivity index (χ0n) is 19.0. The molecule has 0 aromatic heterocycles. The number of piperidine rings is 1. The zero-order valence-corrected chi connectivity index (χ0v) is 19.9. The summed E-state index contributed by atoms with van der Waals surface area (Å²) in [6, 6.07) is 4.05. The van der Waals surface area contributed by atoms with Crippen molar-refractivity contribution in [1.29, 1.82) is 0 Å². The first kappa shape index (κ1) is 24.4. The van der Waals surface area contributed by atoms with Crippen LogP contribution in [0.3, 0.4) is 0 Å². The van der Waals surface area contributed by atoms with Crippen LogP contribution in [0.4, 0.5) is 11.4 Å². The van der Waals surface area contributed by atoms with Crippen molar-refractivity contribution in [2.24, 2.45) is 11.8 Å². The van der Waals surface area contributed by atoms with Crippen molar-refractivity contribution in [1.82, 2.24) is 10.0 Å². The number of carbonyl (C=O) groups excluding carboxylic acids is 1. The van der Waals surface area contributed by atoms with Crippen molar-refractivity contribution in [3.63, 3.8) is 0 Å². The van der Waals surface area contributed by atoms with Gasteiger partial charge in [0.1, 0.15) is 5.69 Å². The number of anilines is 1. The van der Waals surface area contributed by atoms with Gasteiger partial charge in [-0.05, 0) is 56.6 Å². The summed E-state index contributed by atoms with van der Waals surface area (Å²) >= 11 is 0. The first-order valence-corrected chi connectivity index (χ1v) is 12.9. The fourth-order valence-corrected chi connectivity index (χ4v) is 5.71. The Morgan fingerprint density at radius 3 is 2.28 bits per heavy atom. The molecule has 1 saturated carbocycles. The average Bonchev–Trinajstić information content (AvgIpc) is 2.75. The second kappa shape index (κ2) is 10.2. The molecule has 0 unspecified atom stereocenters. The summed E-state index contributed by atoms with van der Waals surface area (Å²) in [7, 11) is -3.83. The summed E-state index contributed by atoms with van der Waals surface area (Å²) in [5.74, 6) is 0.511. The lowest BCUT2D eigenvalue weighted by Gasteiger charge is -2.34. The SMILES string of the molecule is CC1CCC(NS(=O)(=O)c2ccc(N3CCC(NC(=O)C(C)C)CC3)c([N+](=O)[O-])c2)CC1. The van der Waals surface area contributed by atoms with Crippen molar-refractivity contribution in [3.8, 4) is 0 Å². The van der Waals surface area contributed by atoms with Crippen LogP contribution in [0.2, 0.25) is 0 Å². The number of nitrogens with zero attached hydrogens (tertiary/aromatic N) is 2. The number of benzene rings is 1. The molecule has 2 aliphatic rings. The lowest BCUT2D eigenvalue weighted by molar-refractivity contribution is -0.384. The Bertz CT molecular complexity index is 934. The third kappa shape index (κ3) is 5.98. The molecule has 0 atom stereocenters. The molecule has 2 fully saturated rings. The second-order valence-corrected chi connectivity index (χ2v) is 11.1. The quantitative estimate of drug-likeness (QED) is 0.470. The molecule has 1 heterocycles. The highest BCUT2D eigenvalue weighted by atomic mass is 32.2. The third-order valence-corrected chi connectivity index (χ3v) is 8.02. The van der Waals surface area contributed by atoms with Crippen LogP contribution < -0.4 is 14.9 Å². The molecule has 1 aliphatic carbocycles. The molecule has 0 radical (unpaired) electrons. The van der Waals surface area contributed by atoms with E-state index in [2.05, 4.69) is 17.0 Å². The van der Waals surface area contributed by atoms with Crippen LogP contribution in [0.5, 0.6) is 0 Å². The van der Waals surface area contributed by atoms with E-state index in [1.807, 2.05) is 18.7 Å². The fraction of sp³-hybridized carbons (Fsp3) is 0.682. The van der Waals surface area contributed by atoms with E-state index in [-0.39, 0.29) is 34.5 Å². The Balaban J connectivity index is 1.71. The summed E-state index contributed by atoms with van der Waals surface area (Å²) in [5.41, 5.74) is 0.198. The largest absolute Gasteiger partial charge is 0.366 e. The van der Waals surface area contributed by atoms with E-state index in [0.29, 0.717) is 37.5 Å². The van der Waals surface area contributed by atoms with Gasteiger partial charge in [-0.25, -0.2) is 13.1 Å². The smallest absolute Gasteiger partial charge is 0.293 e. The Kier molecular flexibility index (Phi) is 7.76. The fourth-order valence-electron chi connectivity index (χ4n) is 4.38. The number of carbonyl (C=O) groups is 1. The van der Waals surface area contributed by atoms with Crippen LogP contribution in [-0.4, -0.2) is 44.4 Å². The van der Waals surface area contributed by atoms with Crippen molar-refractivity contribution in [2.45, 2.75) is 76.3 Å². The highest BCUT2D eigenvalue weighted by molar-refractivity contribution is 7.89. The highest BCUT2D eigenvalue weighted by Crippen LogP contribution is 2.33. The lowest BCUT2D eigenvalue weighted by atomic mass is 9.88. The Hall–Kier alpha value is -2.20. The standard InChI is InChI=1S/C22H34N4O5S/c1-15(2)22(27)23-17-10-12-25(13-11-17)20-9-8-19(14-21(20)26(28)29)32(30,31)24-18-6-4-16(3)5-7-18/h8-9,14-18,24H,4-7,10-13H2,1-3H3,(H,23,27). The minimum atomic E-state index is -3.83. The predicted octanol–water partition coefficient (Wildman–Crippen LogP) is 3.19. The number of sulfonamides is 1. The molecule has 1 aromatic carbocycles. The third-order valence-electron chi connectivity index (χ3n) is 6.50. The molecular weight excluding hydrogens is 432 g/mol. The number of nitro benzene ring substituents is 1. The molecule has 10 heteroatoms. The number of amides is 1. The number of nitro groups is 1. The Labute approximate surface area is 190 Å². The van der Waals surface area contributed by atoms with Crippen LogP contribution in [0.1, 0.15) is 59.3 Å². The number of rotatable bonds is 7. The van der Waals surface area contributed by atoms with Gasteiger partial charge >= 0.3 is 0 Å². The van der Waals surface area contributed by atoms with Crippen LogP contribution >= 0.6 is 0 Å². The van der Waals surface area contributed by atoms with Gasteiger partial charge < -0.3 is 10.2 Å². The van der Waals surface area contributed by atoms with Gasteiger partial charge in [0.25, 0.3) is 5.69 Å². The molecule has 1 aromatic rings. The van der Waals surface area contributed by atoms with Crippen molar-refractivity contribution in [2.75, 3.05) is 18.0 Å². The first-order chi connectivity index (χ1) is 15.1. The molecule has 1 saturated heterocycles. The molecule has 178 valence electrons. The van der Waals surface area contributed by atoms with Gasteiger partial charge in [-0.3, -0.25) is 14.9 Å². The predicted molar refractivity (Wildman–Crippen MR) is 123 cm³/mol. The maximum absolute atomic E-state index is 12.9. The molecule has 1 aliphatic heterocycles. The molecular formula is C22H34N4O5S. The van der Waals surface area contributed by atoms with Crippen LogP contribution in [0.25, 0.3) is 0 Å². The van der Waals surface area contributed by atoms with E-state index in [1.54, 1.807) is 0 Å². The summed E-state index contributed by atoms with van der Waals surface area (Å²) in [4.78, 5) is 25.0. The van der Waals surface area contributed by atoms with E-state index in [0.717, 1.165) is 31.7 Å². The lowest BCUT2D eigenvalue weighted by Crippen LogP contribution is -2.46. The maximum atomic E-state index is 12.9. The molecule has 0 bridgehead atoms. The van der Waals surface area contributed by atoms with E-state index in [1.165, 1.54) is 12.1 Å². The summed E-state index contributed by atoms with van der Waals surface area (Å²) in [6.45, 7) is 6.94. The molecule has 9 nitrogen and oxygen atoms in total. The van der Waals surface area contributed by atoms with Crippen LogP contribution in [0, 0.1) is 22.0 Å². The second-order valence-electron chi connectivity index (χ2n) is 9.41. The summed E-state index contributed by atoms with van der Waals surface area (Å²) < 4.78 is 28.4. The minimum Gasteiger partial charge on any atom is -0.366 e. The Morgan fingerprint density at radius 2 is 1.72 bits per heavy atom. The molecule has 32 heavy (non-hydrogen) atoms. The Morgan fingerprint density at radius 1 is 1.09 bits per heavy atom. The zero-order chi connectivity index (χ0) is 23.5. The van der Waals surface area contributed by atoms with Crippen molar-refractivity contribution in [3.05, 3.63) is 28.3 Å². The minimum absolute atomic E-state index is 0.00362. The highest BCUT2D eigenvalue weighted by Gasteiger charge is 2.29. The first-order valence-electron chi connectivity index (χ1n) is 11.4. The van der Waals surface area contributed by atoms with Gasteiger partial charge in [-0.2, -0.15) is 0 Å². The van der Waals surface area contributed by atoms with Gasteiger partial charge in [0.2, 0.25) is 15.9 Å². The number of hydrogen-bond acceptors (Lipinski definition) is 6. The van der Waals surface area contributed by atoms with Gasteiger partial charge in [0.05, 0.1) is 9.82 Å². The van der Waals surface area contributed by atoms with Crippen LogP contribution in [-0.2, 0) is 14.8 Å². The maximum Gasteiger partial charge on any atom is 0.293 e. The topological polar surface area (TPSA) is 122 Å². The monoisotopic (exact) mass is 466 g/mol. The van der Waals surface area contributed by atoms with Crippen molar-refractivity contribution < 1.29 is 18.1 Å². The van der Waals surface area contributed by atoms with Gasteiger partial charge in [0.15, 0.2) is 0 Å². The molecule has 0 spiro atoms. The summed E-state index contributed by atoms with van der Waals surface area (Å²) in [6.07, 6.45) is 4.86. The summed E-state index contributed by atoms with van der Waals surface area (Å²) in [5, 5.41) is 14.8. The van der Waals surface area contributed by atoms with Gasteiger partial charge in [-0.15, -0.1) is 0 Å².